The average Bonchev–Trinajstić information content (AvgIpc) is 3.11. The van der Waals surface area contributed by atoms with E-state index in [9.17, 15) is 4.79 Å². The third-order valence-corrected chi connectivity index (χ3v) is 4.23. The summed E-state index contributed by atoms with van der Waals surface area (Å²) in [7, 11) is 0. The highest BCUT2D eigenvalue weighted by Crippen LogP contribution is 2.31. The van der Waals surface area contributed by atoms with Crippen molar-refractivity contribution in [2.24, 2.45) is 5.73 Å². The molecule has 1 saturated carbocycles. The molecule has 0 bridgehead atoms. The molecule has 1 atom stereocenters. The lowest BCUT2D eigenvalue weighted by atomic mass is 10.1. The minimum absolute atomic E-state index is 0.105. The van der Waals surface area contributed by atoms with Gasteiger partial charge in [-0.15, -0.1) is 0 Å². The van der Waals surface area contributed by atoms with Gasteiger partial charge in [0.1, 0.15) is 0 Å². The molecule has 1 heterocycles. The minimum Gasteiger partial charge on any atom is -0.356 e. The quantitative estimate of drug-likeness (QED) is 0.760. The standard InChI is InChI=1S/C14H23N3OS/c1-2-16-14(18)7-13(8-15)17(12-3-4-12)9-11-5-6-19-10-11/h5-6,10,12-13H,2-4,7-9,15H2,1H3,(H,16,18). The molecule has 1 unspecified atom stereocenters. The van der Waals surface area contributed by atoms with Crippen LogP contribution >= 0.6 is 11.3 Å². The highest BCUT2D eigenvalue weighted by Gasteiger charge is 2.34. The Labute approximate surface area is 119 Å². The van der Waals surface area contributed by atoms with Crippen LogP contribution in [-0.4, -0.2) is 36.0 Å². The van der Waals surface area contributed by atoms with Gasteiger partial charge in [-0.25, -0.2) is 0 Å². The van der Waals surface area contributed by atoms with Gasteiger partial charge in [0, 0.05) is 38.1 Å². The van der Waals surface area contributed by atoms with Crippen molar-refractivity contribution in [3.63, 3.8) is 0 Å². The van der Waals surface area contributed by atoms with E-state index in [0.29, 0.717) is 25.6 Å². The van der Waals surface area contributed by atoms with Gasteiger partial charge < -0.3 is 11.1 Å². The molecule has 1 amide bonds. The summed E-state index contributed by atoms with van der Waals surface area (Å²) in [5.41, 5.74) is 7.22. The number of hydrogen-bond acceptors (Lipinski definition) is 4. The molecule has 2 rings (SSSR count). The van der Waals surface area contributed by atoms with Crippen molar-refractivity contribution < 1.29 is 4.79 Å². The van der Waals surface area contributed by atoms with Crippen molar-refractivity contribution in [1.82, 2.24) is 10.2 Å². The van der Waals surface area contributed by atoms with Crippen LogP contribution in [0.5, 0.6) is 0 Å². The zero-order chi connectivity index (χ0) is 13.7. The van der Waals surface area contributed by atoms with Gasteiger partial charge in [0.25, 0.3) is 0 Å². The van der Waals surface area contributed by atoms with Gasteiger partial charge in [0.2, 0.25) is 5.91 Å². The summed E-state index contributed by atoms with van der Waals surface area (Å²) < 4.78 is 0. The lowest BCUT2D eigenvalue weighted by molar-refractivity contribution is -0.122. The zero-order valence-corrected chi connectivity index (χ0v) is 12.3. The maximum absolute atomic E-state index is 11.8. The number of amides is 1. The van der Waals surface area contributed by atoms with Gasteiger partial charge in [0.15, 0.2) is 0 Å². The third kappa shape index (κ3) is 4.30. The summed E-state index contributed by atoms with van der Waals surface area (Å²) in [6.07, 6.45) is 2.97. The van der Waals surface area contributed by atoms with Crippen LogP contribution < -0.4 is 11.1 Å². The molecule has 106 valence electrons. The van der Waals surface area contributed by atoms with Crippen LogP contribution in [-0.2, 0) is 11.3 Å². The fraction of sp³-hybridized carbons (Fsp3) is 0.643. The highest BCUT2D eigenvalue weighted by molar-refractivity contribution is 7.07. The van der Waals surface area contributed by atoms with E-state index in [-0.39, 0.29) is 11.9 Å². The molecule has 5 heteroatoms. The van der Waals surface area contributed by atoms with Crippen molar-refractivity contribution in [2.45, 2.75) is 44.8 Å². The second kappa shape index (κ2) is 7.03. The zero-order valence-electron chi connectivity index (χ0n) is 11.5. The Balaban J connectivity index is 1.97. The predicted octanol–water partition coefficient (Wildman–Crippen LogP) is 1.57. The van der Waals surface area contributed by atoms with Crippen LogP contribution in [0, 0.1) is 0 Å². The number of nitrogens with two attached hydrogens (primary N) is 1. The molecular weight excluding hydrogens is 258 g/mol. The summed E-state index contributed by atoms with van der Waals surface area (Å²) in [5.74, 6) is 0.105. The molecule has 0 aromatic carbocycles. The molecule has 1 aromatic heterocycles. The smallest absolute Gasteiger partial charge is 0.221 e. The summed E-state index contributed by atoms with van der Waals surface area (Å²) in [6.45, 7) is 4.08. The second-order valence-electron chi connectivity index (χ2n) is 5.08. The Morgan fingerprint density at radius 3 is 2.95 bits per heavy atom. The second-order valence-corrected chi connectivity index (χ2v) is 5.86. The predicted molar refractivity (Wildman–Crippen MR) is 79.0 cm³/mol. The number of nitrogens with zero attached hydrogens (tertiary/aromatic N) is 1. The SMILES string of the molecule is CCNC(=O)CC(CN)N(Cc1ccsc1)C1CC1. The van der Waals surface area contributed by atoms with E-state index >= 15 is 0 Å². The van der Waals surface area contributed by atoms with Crippen LogP contribution in [0.4, 0.5) is 0 Å². The van der Waals surface area contributed by atoms with Crippen LogP contribution in [0.3, 0.4) is 0 Å². The first-order valence-electron chi connectivity index (χ1n) is 6.98. The monoisotopic (exact) mass is 281 g/mol. The molecule has 0 spiro atoms. The Morgan fingerprint density at radius 2 is 2.42 bits per heavy atom. The van der Waals surface area contributed by atoms with E-state index in [1.54, 1.807) is 11.3 Å². The van der Waals surface area contributed by atoms with Gasteiger partial charge in [0.05, 0.1) is 0 Å². The molecule has 1 fully saturated rings. The van der Waals surface area contributed by atoms with Crippen molar-refractivity contribution >= 4 is 17.2 Å². The molecule has 1 aliphatic rings. The van der Waals surface area contributed by atoms with Crippen LogP contribution in [0.15, 0.2) is 16.8 Å². The third-order valence-electron chi connectivity index (χ3n) is 3.50. The van der Waals surface area contributed by atoms with Crippen LogP contribution in [0.25, 0.3) is 0 Å². The Kier molecular flexibility index (Phi) is 5.36. The molecule has 3 N–H and O–H groups in total. The lowest BCUT2D eigenvalue weighted by Crippen LogP contribution is -2.44. The summed E-state index contributed by atoms with van der Waals surface area (Å²) in [4.78, 5) is 14.2. The fourth-order valence-corrected chi connectivity index (χ4v) is 3.04. The summed E-state index contributed by atoms with van der Waals surface area (Å²) >= 11 is 1.72. The molecule has 19 heavy (non-hydrogen) atoms. The molecule has 0 aliphatic heterocycles. The Morgan fingerprint density at radius 1 is 1.63 bits per heavy atom. The van der Waals surface area contributed by atoms with E-state index in [0.717, 1.165) is 6.54 Å². The molecule has 4 nitrogen and oxygen atoms in total. The molecule has 1 aliphatic carbocycles. The normalized spacial score (nSPS) is 16.6. The number of carbonyl (C=O) groups excluding carboxylic acids is 1. The number of hydrogen-bond donors (Lipinski definition) is 2. The van der Waals surface area contributed by atoms with E-state index in [4.69, 9.17) is 5.73 Å². The van der Waals surface area contributed by atoms with Crippen molar-refractivity contribution in [3.05, 3.63) is 22.4 Å². The highest BCUT2D eigenvalue weighted by atomic mass is 32.1. The van der Waals surface area contributed by atoms with Gasteiger partial charge in [-0.05, 0) is 42.2 Å². The van der Waals surface area contributed by atoms with Crippen molar-refractivity contribution in [1.29, 1.82) is 0 Å². The van der Waals surface area contributed by atoms with Gasteiger partial charge in [-0.2, -0.15) is 11.3 Å². The Bertz CT molecular complexity index is 389. The van der Waals surface area contributed by atoms with E-state index in [1.807, 2.05) is 6.92 Å². The van der Waals surface area contributed by atoms with Gasteiger partial charge >= 0.3 is 0 Å². The number of carbonyl (C=O) groups is 1. The van der Waals surface area contributed by atoms with Gasteiger partial charge in [-0.1, -0.05) is 0 Å². The van der Waals surface area contributed by atoms with Crippen LogP contribution in [0.2, 0.25) is 0 Å². The fourth-order valence-electron chi connectivity index (χ4n) is 2.38. The van der Waals surface area contributed by atoms with Gasteiger partial charge in [-0.3, -0.25) is 9.69 Å². The average molecular weight is 281 g/mol. The van der Waals surface area contributed by atoms with Crippen LogP contribution in [0.1, 0.15) is 31.7 Å². The maximum Gasteiger partial charge on any atom is 0.221 e. The molecular formula is C14H23N3OS. The summed E-state index contributed by atoms with van der Waals surface area (Å²) in [5, 5.41) is 7.14. The number of thiophene rings is 1. The lowest BCUT2D eigenvalue weighted by Gasteiger charge is -2.30. The largest absolute Gasteiger partial charge is 0.356 e. The molecule has 0 saturated heterocycles. The Hall–Kier alpha value is -0.910. The first kappa shape index (κ1) is 14.5. The van der Waals surface area contributed by atoms with E-state index < -0.39 is 0 Å². The topological polar surface area (TPSA) is 58.4 Å². The number of rotatable bonds is 8. The number of nitrogens with one attached hydrogen (secondary N) is 1. The van der Waals surface area contributed by atoms with Crippen molar-refractivity contribution in [3.8, 4) is 0 Å². The maximum atomic E-state index is 11.8. The molecule has 0 radical (unpaired) electrons. The van der Waals surface area contributed by atoms with Crippen molar-refractivity contribution in [2.75, 3.05) is 13.1 Å². The van der Waals surface area contributed by atoms with E-state index in [2.05, 4.69) is 27.0 Å². The molecule has 1 aromatic rings. The summed E-state index contributed by atoms with van der Waals surface area (Å²) in [6, 6.07) is 2.92. The first-order chi connectivity index (χ1) is 9.24. The minimum atomic E-state index is 0.105. The van der Waals surface area contributed by atoms with E-state index in [1.165, 1.54) is 18.4 Å². The first-order valence-corrected chi connectivity index (χ1v) is 7.92.